The maximum atomic E-state index is 3.64. The van der Waals surface area contributed by atoms with Gasteiger partial charge in [-0.05, 0) is 43.3 Å². The van der Waals surface area contributed by atoms with Crippen molar-refractivity contribution < 1.29 is 0 Å². The normalized spacial score (nSPS) is 12.0. The largest absolute Gasteiger partial charge is 0.316 e. The van der Waals surface area contributed by atoms with Crippen LogP contribution in [-0.2, 0) is 6.54 Å². The molecule has 1 aromatic rings. The smallest absolute Gasteiger partial charge is 0.0233 e. The Morgan fingerprint density at radius 2 is 1.67 bits per heavy atom. The SMILES string of the molecule is CCCNCC(CC)(CC)CN(CC)Cc1ccccc1. The summed E-state index contributed by atoms with van der Waals surface area (Å²) in [4.78, 5) is 2.59. The summed E-state index contributed by atoms with van der Waals surface area (Å²) in [6.07, 6.45) is 3.70. The van der Waals surface area contributed by atoms with Gasteiger partial charge in [0.05, 0.1) is 0 Å². The van der Waals surface area contributed by atoms with E-state index in [1.807, 2.05) is 0 Å². The van der Waals surface area contributed by atoms with Gasteiger partial charge in [-0.25, -0.2) is 0 Å². The number of hydrogen-bond acceptors (Lipinski definition) is 2. The Balaban J connectivity index is 2.65. The molecule has 0 aliphatic heterocycles. The van der Waals surface area contributed by atoms with E-state index in [0.717, 1.165) is 26.2 Å². The van der Waals surface area contributed by atoms with Crippen LogP contribution in [0.1, 0.15) is 52.5 Å². The van der Waals surface area contributed by atoms with Gasteiger partial charge in [0.1, 0.15) is 0 Å². The van der Waals surface area contributed by atoms with Gasteiger partial charge < -0.3 is 5.32 Å². The third kappa shape index (κ3) is 6.19. The van der Waals surface area contributed by atoms with E-state index in [1.54, 1.807) is 0 Å². The fourth-order valence-electron chi connectivity index (χ4n) is 2.91. The van der Waals surface area contributed by atoms with Crippen molar-refractivity contribution in [2.24, 2.45) is 5.41 Å². The van der Waals surface area contributed by atoms with Crippen LogP contribution in [0.5, 0.6) is 0 Å². The van der Waals surface area contributed by atoms with Gasteiger partial charge in [0.25, 0.3) is 0 Å². The molecule has 2 nitrogen and oxygen atoms in total. The van der Waals surface area contributed by atoms with Crippen molar-refractivity contribution >= 4 is 0 Å². The fourth-order valence-corrected chi connectivity index (χ4v) is 2.91. The molecule has 0 atom stereocenters. The lowest BCUT2D eigenvalue weighted by atomic mass is 9.81. The second-order valence-electron chi connectivity index (χ2n) is 6.17. The van der Waals surface area contributed by atoms with Crippen molar-refractivity contribution in [3.05, 3.63) is 35.9 Å². The van der Waals surface area contributed by atoms with Crippen molar-refractivity contribution in [2.75, 3.05) is 26.2 Å². The van der Waals surface area contributed by atoms with E-state index in [0.29, 0.717) is 5.41 Å². The Hall–Kier alpha value is -0.860. The van der Waals surface area contributed by atoms with Crippen LogP contribution in [0, 0.1) is 5.41 Å². The van der Waals surface area contributed by atoms with E-state index >= 15 is 0 Å². The first kappa shape index (κ1) is 18.2. The molecule has 0 aliphatic rings. The first-order chi connectivity index (χ1) is 10.2. The molecule has 0 aromatic heterocycles. The summed E-state index contributed by atoms with van der Waals surface area (Å²) in [5.41, 5.74) is 1.82. The summed E-state index contributed by atoms with van der Waals surface area (Å²) >= 11 is 0. The Kier molecular flexibility index (Phi) is 8.63. The molecule has 21 heavy (non-hydrogen) atoms. The van der Waals surface area contributed by atoms with E-state index in [-0.39, 0.29) is 0 Å². The predicted molar refractivity (Wildman–Crippen MR) is 93.6 cm³/mol. The molecule has 0 heterocycles. The Bertz CT molecular complexity index is 357. The quantitative estimate of drug-likeness (QED) is 0.611. The average Bonchev–Trinajstić information content (AvgIpc) is 2.54. The molecule has 0 unspecified atom stereocenters. The highest BCUT2D eigenvalue weighted by Crippen LogP contribution is 2.27. The van der Waals surface area contributed by atoms with Crippen molar-refractivity contribution in [3.8, 4) is 0 Å². The van der Waals surface area contributed by atoms with Crippen LogP contribution in [0.15, 0.2) is 30.3 Å². The summed E-state index contributed by atoms with van der Waals surface area (Å²) in [6.45, 7) is 14.8. The van der Waals surface area contributed by atoms with Crippen molar-refractivity contribution in [1.82, 2.24) is 10.2 Å². The first-order valence-corrected chi connectivity index (χ1v) is 8.66. The fraction of sp³-hybridized carbons (Fsp3) is 0.684. The summed E-state index contributed by atoms with van der Waals surface area (Å²) in [5.74, 6) is 0. The van der Waals surface area contributed by atoms with Gasteiger partial charge in [-0.15, -0.1) is 0 Å². The molecule has 1 N–H and O–H groups in total. The number of nitrogens with one attached hydrogen (secondary N) is 1. The number of benzene rings is 1. The summed E-state index contributed by atoms with van der Waals surface area (Å²) in [6, 6.07) is 10.8. The Morgan fingerprint density at radius 1 is 1.00 bits per heavy atom. The maximum absolute atomic E-state index is 3.64. The molecule has 2 heteroatoms. The van der Waals surface area contributed by atoms with Crippen LogP contribution in [-0.4, -0.2) is 31.1 Å². The minimum Gasteiger partial charge on any atom is -0.316 e. The average molecular weight is 290 g/mol. The number of rotatable bonds is 11. The lowest BCUT2D eigenvalue weighted by Crippen LogP contribution is -2.43. The monoisotopic (exact) mass is 290 g/mol. The topological polar surface area (TPSA) is 15.3 Å². The highest BCUT2D eigenvalue weighted by molar-refractivity contribution is 5.14. The summed E-state index contributed by atoms with van der Waals surface area (Å²) in [7, 11) is 0. The number of nitrogens with zero attached hydrogens (tertiary/aromatic N) is 1. The lowest BCUT2D eigenvalue weighted by Gasteiger charge is -2.37. The molecule has 0 aliphatic carbocycles. The van der Waals surface area contributed by atoms with Gasteiger partial charge in [-0.3, -0.25) is 4.90 Å². The lowest BCUT2D eigenvalue weighted by molar-refractivity contribution is 0.133. The minimum absolute atomic E-state index is 0.403. The van der Waals surface area contributed by atoms with E-state index in [9.17, 15) is 0 Å². The van der Waals surface area contributed by atoms with Gasteiger partial charge >= 0.3 is 0 Å². The molecule has 0 amide bonds. The predicted octanol–water partition coefficient (Wildman–Crippen LogP) is 4.31. The Morgan fingerprint density at radius 3 is 2.19 bits per heavy atom. The Labute approximate surface area is 131 Å². The van der Waals surface area contributed by atoms with Crippen LogP contribution >= 0.6 is 0 Å². The van der Waals surface area contributed by atoms with Crippen molar-refractivity contribution in [1.29, 1.82) is 0 Å². The van der Waals surface area contributed by atoms with E-state index in [1.165, 1.54) is 31.4 Å². The zero-order chi connectivity index (χ0) is 15.6. The van der Waals surface area contributed by atoms with Gasteiger partial charge in [-0.2, -0.15) is 0 Å². The maximum Gasteiger partial charge on any atom is 0.0233 e. The second-order valence-corrected chi connectivity index (χ2v) is 6.17. The number of hydrogen-bond donors (Lipinski definition) is 1. The first-order valence-electron chi connectivity index (χ1n) is 8.66. The molecule has 0 radical (unpaired) electrons. The molecule has 0 fully saturated rings. The van der Waals surface area contributed by atoms with Crippen molar-refractivity contribution in [3.63, 3.8) is 0 Å². The van der Waals surface area contributed by atoms with Gasteiger partial charge in [0, 0.05) is 19.6 Å². The summed E-state index contributed by atoms with van der Waals surface area (Å²) < 4.78 is 0. The van der Waals surface area contributed by atoms with Crippen LogP contribution in [0.2, 0.25) is 0 Å². The zero-order valence-electron chi connectivity index (χ0n) is 14.5. The molecular weight excluding hydrogens is 256 g/mol. The van der Waals surface area contributed by atoms with Gasteiger partial charge in [0.15, 0.2) is 0 Å². The van der Waals surface area contributed by atoms with E-state index < -0.39 is 0 Å². The molecule has 1 aromatic carbocycles. The van der Waals surface area contributed by atoms with E-state index in [2.05, 4.69) is 68.2 Å². The van der Waals surface area contributed by atoms with E-state index in [4.69, 9.17) is 0 Å². The molecule has 0 bridgehead atoms. The van der Waals surface area contributed by atoms with Crippen molar-refractivity contribution in [2.45, 2.75) is 53.5 Å². The molecule has 0 saturated heterocycles. The highest BCUT2D eigenvalue weighted by Gasteiger charge is 2.28. The summed E-state index contributed by atoms with van der Waals surface area (Å²) in [5, 5.41) is 3.64. The van der Waals surface area contributed by atoms with Crippen LogP contribution in [0.3, 0.4) is 0 Å². The van der Waals surface area contributed by atoms with Gasteiger partial charge in [-0.1, -0.05) is 58.0 Å². The third-order valence-electron chi connectivity index (χ3n) is 4.68. The van der Waals surface area contributed by atoms with Crippen LogP contribution in [0.25, 0.3) is 0 Å². The van der Waals surface area contributed by atoms with Crippen LogP contribution in [0.4, 0.5) is 0 Å². The van der Waals surface area contributed by atoms with Crippen LogP contribution < -0.4 is 5.32 Å². The standard InChI is InChI=1S/C19H34N2/c1-5-14-20-16-19(6-2,7-3)17-21(8-4)15-18-12-10-9-11-13-18/h9-13,20H,5-8,14-17H2,1-4H3. The third-order valence-corrected chi connectivity index (χ3v) is 4.68. The molecule has 0 spiro atoms. The molecule has 0 saturated carbocycles. The highest BCUT2D eigenvalue weighted by atomic mass is 15.1. The molecular formula is C19H34N2. The zero-order valence-corrected chi connectivity index (χ0v) is 14.5. The molecule has 1 rings (SSSR count). The molecule has 120 valence electrons. The minimum atomic E-state index is 0.403. The van der Waals surface area contributed by atoms with Gasteiger partial charge in [0.2, 0.25) is 0 Å². The second kappa shape index (κ2) is 9.97.